The molecule has 4 heteroatoms. The van der Waals surface area contributed by atoms with Crippen LogP contribution in [0, 0.1) is 5.92 Å². The largest absolute Gasteiger partial charge is 0.368 e. The summed E-state index contributed by atoms with van der Waals surface area (Å²) in [7, 11) is 0. The lowest BCUT2D eigenvalue weighted by Gasteiger charge is -2.38. The van der Waals surface area contributed by atoms with Crippen molar-refractivity contribution < 1.29 is 9.53 Å². The summed E-state index contributed by atoms with van der Waals surface area (Å²) in [5.74, 6) is 0.781. The zero-order valence-electron chi connectivity index (χ0n) is 16.3. The Morgan fingerprint density at radius 1 is 1.15 bits per heavy atom. The van der Waals surface area contributed by atoms with Crippen molar-refractivity contribution in [1.29, 1.82) is 0 Å². The van der Waals surface area contributed by atoms with Gasteiger partial charge in [0.1, 0.15) is 6.61 Å². The first-order valence-electron chi connectivity index (χ1n) is 10.3. The summed E-state index contributed by atoms with van der Waals surface area (Å²) in [4.78, 5) is 14.8. The minimum absolute atomic E-state index is 0.0527. The molecular formula is C22H34N2O2. The van der Waals surface area contributed by atoms with E-state index in [4.69, 9.17) is 4.74 Å². The van der Waals surface area contributed by atoms with Gasteiger partial charge in [-0.25, -0.2) is 0 Å². The third-order valence-electron chi connectivity index (χ3n) is 5.95. The van der Waals surface area contributed by atoms with Crippen LogP contribution in [0.5, 0.6) is 0 Å². The molecule has 0 bridgehead atoms. The van der Waals surface area contributed by atoms with Gasteiger partial charge in [-0.3, -0.25) is 9.69 Å². The smallest absolute Gasteiger partial charge is 0.246 e. The minimum Gasteiger partial charge on any atom is -0.368 e. The van der Waals surface area contributed by atoms with Gasteiger partial charge in [-0.05, 0) is 44.1 Å². The summed E-state index contributed by atoms with van der Waals surface area (Å²) >= 11 is 0. The van der Waals surface area contributed by atoms with Gasteiger partial charge < -0.3 is 10.1 Å². The lowest BCUT2D eigenvalue weighted by atomic mass is 9.89. The number of carbonyl (C=O) groups is 1. The summed E-state index contributed by atoms with van der Waals surface area (Å²) < 4.78 is 5.86. The van der Waals surface area contributed by atoms with E-state index in [1.807, 2.05) is 0 Å². The second-order valence-electron chi connectivity index (χ2n) is 8.30. The molecule has 1 heterocycles. The van der Waals surface area contributed by atoms with Crippen molar-refractivity contribution in [3.63, 3.8) is 0 Å². The molecule has 2 aliphatic rings. The quantitative estimate of drug-likeness (QED) is 0.842. The number of hydrogen-bond donors (Lipinski definition) is 1. The molecule has 1 aromatic carbocycles. The standard InChI is InChI=1S/C22H34N2O2/c1-17-7-6-10-21(13-17)26-16-22(25)23-20-11-12-24(18(2)14-20)15-19-8-4-3-5-9-19/h3-5,8-9,17-18,20-21H,6-7,10-16H2,1-2H3,(H,23,25). The van der Waals surface area contributed by atoms with Gasteiger partial charge in [-0.2, -0.15) is 0 Å². The average Bonchev–Trinajstić information content (AvgIpc) is 2.63. The Hall–Kier alpha value is -1.39. The SMILES string of the molecule is CC1CCCC(OCC(=O)NC2CCN(Cc3ccccc3)C(C)C2)C1. The van der Waals surface area contributed by atoms with Gasteiger partial charge in [0.25, 0.3) is 0 Å². The van der Waals surface area contributed by atoms with Crippen LogP contribution in [0.1, 0.15) is 57.9 Å². The molecule has 3 rings (SSSR count). The molecule has 1 saturated heterocycles. The number of nitrogens with zero attached hydrogens (tertiary/aromatic N) is 1. The number of ether oxygens (including phenoxy) is 1. The summed E-state index contributed by atoms with van der Waals surface area (Å²) in [5.41, 5.74) is 1.36. The first-order chi connectivity index (χ1) is 12.6. The van der Waals surface area contributed by atoms with Crippen LogP contribution in [0.15, 0.2) is 30.3 Å². The van der Waals surface area contributed by atoms with E-state index in [-0.39, 0.29) is 24.7 Å². The van der Waals surface area contributed by atoms with Crippen LogP contribution < -0.4 is 5.32 Å². The van der Waals surface area contributed by atoms with Gasteiger partial charge in [0.2, 0.25) is 5.91 Å². The maximum absolute atomic E-state index is 12.3. The zero-order valence-corrected chi connectivity index (χ0v) is 16.3. The summed E-state index contributed by atoms with van der Waals surface area (Å²) in [5, 5.41) is 3.19. The molecule has 1 N–H and O–H groups in total. The third-order valence-corrected chi connectivity index (χ3v) is 5.95. The molecule has 4 nitrogen and oxygen atoms in total. The monoisotopic (exact) mass is 358 g/mol. The number of amides is 1. The number of likely N-dealkylation sites (tertiary alicyclic amines) is 1. The van der Waals surface area contributed by atoms with Crippen LogP contribution >= 0.6 is 0 Å². The summed E-state index contributed by atoms with van der Waals surface area (Å²) in [6.07, 6.45) is 7.03. The van der Waals surface area contributed by atoms with E-state index >= 15 is 0 Å². The number of hydrogen-bond acceptors (Lipinski definition) is 3. The van der Waals surface area contributed by atoms with Crippen LogP contribution in [-0.4, -0.2) is 42.1 Å². The highest BCUT2D eigenvalue weighted by molar-refractivity contribution is 5.77. The number of nitrogens with one attached hydrogen (secondary N) is 1. The molecule has 4 atom stereocenters. The second-order valence-corrected chi connectivity index (χ2v) is 8.30. The lowest BCUT2D eigenvalue weighted by molar-refractivity contribution is -0.129. The van der Waals surface area contributed by atoms with Gasteiger partial charge in [0, 0.05) is 25.2 Å². The van der Waals surface area contributed by atoms with E-state index in [1.54, 1.807) is 0 Å². The van der Waals surface area contributed by atoms with Gasteiger partial charge in [-0.15, -0.1) is 0 Å². The topological polar surface area (TPSA) is 41.6 Å². The van der Waals surface area contributed by atoms with Gasteiger partial charge in [0.05, 0.1) is 6.10 Å². The Bertz CT molecular complexity index is 563. The molecule has 0 spiro atoms. The molecule has 144 valence electrons. The fourth-order valence-corrected chi connectivity index (χ4v) is 4.40. The van der Waals surface area contributed by atoms with Gasteiger partial charge in [-0.1, -0.05) is 50.1 Å². The number of carbonyl (C=O) groups excluding carboxylic acids is 1. The van der Waals surface area contributed by atoms with E-state index in [0.717, 1.165) is 44.7 Å². The Labute approximate surface area is 158 Å². The summed E-state index contributed by atoms with van der Waals surface area (Å²) in [6, 6.07) is 11.4. The van der Waals surface area contributed by atoms with Crippen molar-refractivity contribution in [3.05, 3.63) is 35.9 Å². The Kier molecular flexibility index (Phi) is 7.09. The molecule has 1 aromatic rings. The molecule has 2 fully saturated rings. The van der Waals surface area contributed by atoms with E-state index in [1.165, 1.54) is 18.4 Å². The maximum Gasteiger partial charge on any atom is 0.246 e. The first-order valence-corrected chi connectivity index (χ1v) is 10.3. The van der Waals surface area contributed by atoms with Crippen LogP contribution in [-0.2, 0) is 16.1 Å². The Morgan fingerprint density at radius 3 is 2.69 bits per heavy atom. The molecule has 26 heavy (non-hydrogen) atoms. The van der Waals surface area contributed by atoms with E-state index < -0.39 is 0 Å². The minimum atomic E-state index is 0.0527. The van der Waals surface area contributed by atoms with Gasteiger partial charge in [0.15, 0.2) is 0 Å². The van der Waals surface area contributed by atoms with E-state index in [0.29, 0.717) is 6.04 Å². The van der Waals surface area contributed by atoms with E-state index in [9.17, 15) is 4.79 Å². The number of rotatable bonds is 6. The highest BCUT2D eigenvalue weighted by Gasteiger charge is 2.27. The molecule has 1 aliphatic heterocycles. The van der Waals surface area contributed by atoms with Crippen molar-refractivity contribution in [2.24, 2.45) is 5.92 Å². The fraction of sp³-hybridized carbons (Fsp3) is 0.682. The highest BCUT2D eigenvalue weighted by Crippen LogP contribution is 2.25. The van der Waals surface area contributed by atoms with Crippen molar-refractivity contribution in [3.8, 4) is 0 Å². The second kappa shape index (κ2) is 9.52. The number of benzene rings is 1. The molecule has 4 unspecified atom stereocenters. The van der Waals surface area contributed by atoms with Crippen LogP contribution in [0.2, 0.25) is 0 Å². The van der Waals surface area contributed by atoms with Crippen LogP contribution in [0.3, 0.4) is 0 Å². The lowest BCUT2D eigenvalue weighted by Crippen LogP contribution is -2.49. The molecule has 1 saturated carbocycles. The molecule has 1 amide bonds. The van der Waals surface area contributed by atoms with Crippen molar-refractivity contribution in [2.45, 2.75) is 77.1 Å². The van der Waals surface area contributed by atoms with Crippen molar-refractivity contribution in [2.75, 3.05) is 13.2 Å². The molecular weight excluding hydrogens is 324 g/mol. The van der Waals surface area contributed by atoms with Crippen molar-refractivity contribution in [1.82, 2.24) is 10.2 Å². The maximum atomic E-state index is 12.3. The Balaban J connectivity index is 1.37. The highest BCUT2D eigenvalue weighted by atomic mass is 16.5. The normalized spacial score (nSPS) is 30.1. The fourth-order valence-electron chi connectivity index (χ4n) is 4.40. The van der Waals surface area contributed by atoms with E-state index in [2.05, 4.69) is 54.4 Å². The predicted molar refractivity (Wildman–Crippen MR) is 105 cm³/mol. The summed E-state index contributed by atoms with van der Waals surface area (Å²) in [6.45, 7) is 6.78. The number of piperidine rings is 1. The first kappa shape index (κ1) is 19.4. The zero-order chi connectivity index (χ0) is 18.4. The average molecular weight is 359 g/mol. The van der Waals surface area contributed by atoms with Crippen molar-refractivity contribution >= 4 is 5.91 Å². The molecule has 0 radical (unpaired) electrons. The van der Waals surface area contributed by atoms with Crippen LogP contribution in [0.4, 0.5) is 0 Å². The van der Waals surface area contributed by atoms with Gasteiger partial charge >= 0.3 is 0 Å². The molecule has 0 aromatic heterocycles. The third kappa shape index (κ3) is 5.82. The van der Waals surface area contributed by atoms with Crippen LogP contribution in [0.25, 0.3) is 0 Å². The molecule has 1 aliphatic carbocycles. The Morgan fingerprint density at radius 2 is 1.96 bits per heavy atom. The predicted octanol–water partition coefficient (Wildman–Crippen LogP) is 3.75.